The van der Waals surface area contributed by atoms with Gasteiger partial charge in [0, 0.05) is 32.2 Å². The van der Waals surface area contributed by atoms with Crippen molar-refractivity contribution < 1.29 is 27.8 Å². The summed E-state index contributed by atoms with van der Waals surface area (Å²) in [6, 6.07) is 3.26. The molecule has 3 aliphatic heterocycles. The lowest BCUT2D eigenvalue weighted by Crippen LogP contribution is -2.63. The van der Waals surface area contributed by atoms with Gasteiger partial charge in [-0.2, -0.15) is 0 Å². The number of carbonyl (C=O) groups excluding carboxylic acids is 2. The van der Waals surface area contributed by atoms with E-state index < -0.39 is 11.6 Å². The number of amides is 3. The van der Waals surface area contributed by atoms with Crippen molar-refractivity contribution >= 4 is 11.9 Å². The van der Waals surface area contributed by atoms with Crippen LogP contribution in [0.1, 0.15) is 32.1 Å². The van der Waals surface area contributed by atoms with Crippen LogP contribution in [0.4, 0.5) is 13.6 Å². The van der Waals surface area contributed by atoms with Gasteiger partial charge in [0.2, 0.25) is 5.91 Å². The Hall–Kier alpha value is -2.42. The Balaban J connectivity index is 1.10. The summed E-state index contributed by atoms with van der Waals surface area (Å²) in [5, 5.41) is 2.93. The smallest absolute Gasteiger partial charge is 0.320 e. The minimum atomic E-state index is -0.676. The number of fused-ring (bicyclic) bond motifs is 1. The molecule has 31 heavy (non-hydrogen) atoms. The Labute approximate surface area is 179 Å². The second kappa shape index (κ2) is 7.93. The fourth-order valence-electron chi connectivity index (χ4n) is 5.39. The molecule has 1 aromatic carbocycles. The maximum absolute atomic E-state index is 13.8. The maximum Gasteiger partial charge on any atom is 0.320 e. The number of urea groups is 1. The SMILES string of the molecule is O=C1CO[C@H]2CCN(C(=O)N3CCC4(CC3)CC(Oc3ccc(F)cc3F)C4)C[C@H]2N1. The lowest BCUT2D eigenvalue weighted by molar-refractivity contribution is -0.139. The predicted octanol–water partition coefficient (Wildman–Crippen LogP) is 2.30. The molecule has 5 rings (SSSR count). The summed E-state index contributed by atoms with van der Waals surface area (Å²) in [4.78, 5) is 28.3. The van der Waals surface area contributed by atoms with Crippen LogP contribution in [-0.4, -0.2) is 72.8 Å². The standard InChI is InChI=1S/C22H27F2N3O4/c23-14-1-2-18(16(24)9-14)31-15-10-22(11-15)4-7-26(8-5-22)21(29)27-6-3-19-17(12-27)25-20(28)13-30-19/h1-2,9,15,17,19H,3-8,10-13H2,(H,25,28)/t17-,19+/m1/s1. The highest BCUT2D eigenvalue weighted by atomic mass is 19.1. The second-order valence-electron chi connectivity index (χ2n) is 9.25. The molecule has 2 atom stereocenters. The summed E-state index contributed by atoms with van der Waals surface area (Å²) in [5.41, 5.74) is 0.135. The van der Waals surface area contributed by atoms with E-state index in [4.69, 9.17) is 9.47 Å². The fourth-order valence-corrected chi connectivity index (χ4v) is 5.39. The zero-order valence-corrected chi connectivity index (χ0v) is 17.3. The first-order chi connectivity index (χ1) is 14.9. The lowest BCUT2D eigenvalue weighted by atomic mass is 9.61. The first-order valence-corrected chi connectivity index (χ1v) is 11.0. The second-order valence-corrected chi connectivity index (χ2v) is 9.25. The normalized spacial score (nSPS) is 28.0. The molecule has 1 aromatic rings. The molecule has 0 unspecified atom stereocenters. The molecule has 3 amide bonds. The average molecular weight is 435 g/mol. The van der Waals surface area contributed by atoms with E-state index in [1.54, 1.807) is 0 Å². The van der Waals surface area contributed by atoms with Crippen LogP contribution >= 0.6 is 0 Å². The van der Waals surface area contributed by atoms with Gasteiger partial charge in [-0.15, -0.1) is 0 Å². The molecule has 168 valence electrons. The Morgan fingerprint density at radius 2 is 1.94 bits per heavy atom. The highest BCUT2D eigenvalue weighted by Crippen LogP contribution is 2.50. The third-order valence-electron chi connectivity index (χ3n) is 7.20. The molecule has 1 saturated carbocycles. The predicted molar refractivity (Wildman–Crippen MR) is 107 cm³/mol. The first-order valence-electron chi connectivity index (χ1n) is 11.0. The highest BCUT2D eigenvalue weighted by molar-refractivity contribution is 5.79. The quantitative estimate of drug-likeness (QED) is 0.774. The van der Waals surface area contributed by atoms with E-state index in [0.29, 0.717) is 26.2 Å². The number of carbonyl (C=O) groups is 2. The molecule has 3 saturated heterocycles. The summed E-state index contributed by atoms with van der Waals surface area (Å²) in [5.74, 6) is -1.33. The number of benzene rings is 1. The minimum absolute atomic E-state index is 0.00997. The third-order valence-corrected chi connectivity index (χ3v) is 7.20. The fraction of sp³-hybridized carbons (Fsp3) is 0.636. The van der Waals surface area contributed by atoms with E-state index in [1.165, 1.54) is 12.1 Å². The van der Waals surface area contributed by atoms with Gasteiger partial charge in [-0.05, 0) is 49.7 Å². The monoisotopic (exact) mass is 435 g/mol. The average Bonchev–Trinajstić information content (AvgIpc) is 2.74. The van der Waals surface area contributed by atoms with Crippen LogP contribution in [0.3, 0.4) is 0 Å². The Morgan fingerprint density at radius 1 is 1.16 bits per heavy atom. The van der Waals surface area contributed by atoms with Gasteiger partial charge >= 0.3 is 6.03 Å². The number of piperidine rings is 2. The van der Waals surface area contributed by atoms with E-state index in [0.717, 1.165) is 38.2 Å². The molecule has 9 heteroatoms. The summed E-state index contributed by atoms with van der Waals surface area (Å²) in [6.45, 7) is 2.59. The van der Waals surface area contributed by atoms with Crippen molar-refractivity contribution in [3.63, 3.8) is 0 Å². The molecule has 7 nitrogen and oxygen atoms in total. The van der Waals surface area contributed by atoms with E-state index in [-0.39, 0.29) is 48.0 Å². The topological polar surface area (TPSA) is 71.1 Å². The van der Waals surface area contributed by atoms with Gasteiger partial charge in [-0.25, -0.2) is 13.6 Å². The molecule has 0 aromatic heterocycles. The zero-order chi connectivity index (χ0) is 21.6. The lowest BCUT2D eigenvalue weighted by Gasteiger charge is -2.52. The van der Waals surface area contributed by atoms with Crippen LogP contribution < -0.4 is 10.1 Å². The number of nitrogens with one attached hydrogen (secondary N) is 1. The largest absolute Gasteiger partial charge is 0.487 e. The minimum Gasteiger partial charge on any atom is -0.487 e. The number of rotatable bonds is 2. The van der Waals surface area contributed by atoms with E-state index in [9.17, 15) is 18.4 Å². The van der Waals surface area contributed by atoms with Gasteiger partial charge < -0.3 is 24.6 Å². The highest BCUT2D eigenvalue weighted by Gasteiger charge is 2.48. The van der Waals surface area contributed by atoms with Crippen LogP contribution in [0.15, 0.2) is 18.2 Å². The van der Waals surface area contributed by atoms with E-state index in [2.05, 4.69) is 5.32 Å². The van der Waals surface area contributed by atoms with Crippen LogP contribution in [-0.2, 0) is 9.53 Å². The van der Waals surface area contributed by atoms with Crippen LogP contribution in [0.2, 0.25) is 0 Å². The number of hydrogen-bond donors (Lipinski definition) is 1. The van der Waals surface area contributed by atoms with Gasteiger partial charge in [0.05, 0.1) is 18.2 Å². The third kappa shape index (κ3) is 4.07. The molecule has 4 fully saturated rings. The molecular formula is C22H27F2N3O4. The maximum atomic E-state index is 13.8. The van der Waals surface area contributed by atoms with Crippen molar-refractivity contribution in [3.8, 4) is 5.75 Å². The Bertz CT molecular complexity index is 866. The van der Waals surface area contributed by atoms with Crippen molar-refractivity contribution in [3.05, 3.63) is 29.8 Å². The molecule has 1 N–H and O–H groups in total. The number of morpholine rings is 1. The molecule has 3 heterocycles. The number of halogens is 2. The van der Waals surface area contributed by atoms with Gasteiger partial charge in [0.25, 0.3) is 0 Å². The van der Waals surface area contributed by atoms with Gasteiger partial charge in [0.15, 0.2) is 11.6 Å². The van der Waals surface area contributed by atoms with Crippen molar-refractivity contribution in [2.75, 3.05) is 32.8 Å². The van der Waals surface area contributed by atoms with Gasteiger partial charge in [0.1, 0.15) is 12.4 Å². The van der Waals surface area contributed by atoms with Crippen molar-refractivity contribution in [1.29, 1.82) is 0 Å². The van der Waals surface area contributed by atoms with Crippen LogP contribution in [0, 0.1) is 17.0 Å². The molecule has 0 radical (unpaired) electrons. The number of nitrogens with zero attached hydrogens (tertiary/aromatic N) is 2. The Morgan fingerprint density at radius 3 is 2.68 bits per heavy atom. The van der Waals surface area contributed by atoms with E-state index in [1.807, 2.05) is 9.80 Å². The first kappa shape index (κ1) is 20.5. The van der Waals surface area contributed by atoms with Crippen LogP contribution in [0.5, 0.6) is 5.75 Å². The zero-order valence-electron chi connectivity index (χ0n) is 17.3. The number of ether oxygens (including phenoxy) is 2. The van der Waals surface area contributed by atoms with Crippen molar-refractivity contribution in [2.45, 2.75) is 50.4 Å². The Kier molecular flexibility index (Phi) is 5.24. The van der Waals surface area contributed by atoms with Gasteiger partial charge in [-0.1, -0.05) is 0 Å². The molecule has 4 aliphatic rings. The summed E-state index contributed by atoms with van der Waals surface area (Å²) >= 11 is 0. The molecule has 1 spiro atoms. The van der Waals surface area contributed by atoms with Gasteiger partial charge in [-0.3, -0.25) is 4.79 Å². The number of likely N-dealkylation sites (tertiary alicyclic amines) is 2. The van der Waals surface area contributed by atoms with Crippen LogP contribution in [0.25, 0.3) is 0 Å². The molecule has 1 aliphatic carbocycles. The summed E-state index contributed by atoms with van der Waals surface area (Å²) in [6.07, 6.45) is 4.08. The summed E-state index contributed by atoms with van der Waals surface area (Å²) < 4.78 is 38.1. The summed E-state index contributed by atoms with van der Waals surface area (Å²) in [7, 11) is 0. The van der Waals surface area contributed by atoms with E-state index >= 15 is 0 Å². The molecular weight excluding hydrogens is 408 g/mol. The number of hydrogen-bond acceptors (Lipinski definition) is 4. The van der Waals surface area contributed by atoms with Crippen molar-refractivity contribution in [2.24, 2.45) is 5.41 Å². The van der Waals surface area contributed by atoms with Crippen molar-refractivity contribution in [1.82, 2.24) is 15.1 Å². The molecule has 0 bridgehead atoms.